The molecule has 0 spiro atoms. The summed E-state index contributed by atoms with van der Waals surface area (Å²) in [5, 5.41) is 9.06. The smallest absolute Gasteiger partial charge is 0.277 e. The molecule has 0 fully saturated rings. The van der Waals surface area contributed by atoms with Crippen LogP contribution in [0.15, 0.2) is 52.1 Å². The first kappa shape index (κ1) is 20.0. The molecule has 2 heterocycles. The zero-order chi connectivity index (χ0) is 21.3. The number of methoxy groups -OCH3 is 2. The number of carbonyl (C=O) groups is 1. The lowest BCUT2D eigenvalue weighted by atomic mass is 10.1. The number of ketones is 1. The molecule has 0 amide bonds. The summed E-state index contributed by atoms with van der Waals surface area (Å²) in [4.78, 5) is 16.4. The van der Waals surface area contributed by atoms with E-state index >= 15 is 0 Å². The second-order valence-corrected chi connectivity index (χ2v) is 8.03. The molecule has 4 aromatic rings. The van der Waals surface area contributed by atoms with Gasteiger partial charge in [-0.15, -0.1) is 10.2 Å². The van der Waals surface area contributed by atoms with E-state index in [4.69, 9.17) is 13.9 Å². The van der Waals surface area contributed by atoms with E-state index in [1.165, 1.54) is 11.8 Å². The molecule has 1 unspecified atom stereocenters. The molecule has 0 aliphatic heterocycles. The summed E-state index contributed by atoms with van der Waals surface area (Å²) in [6, 6.07) is 13.1. The summed E-state index contributed by atoms with van der Waals surface area (Å²) in [5.41, 5.74) is 3.15. The number of Topliss-reactive ketones (excluding diaryl/α,β-unsaturated/α-hetero) is 1. The van der Waals surface area contributed by atoms with Gasteiger partial charge < -0.3 is 18.9 Å². The van der Waals surface area contributed by atoms with Crippen LogP contribution in [0.5, 0.6) is 11.5 Å². The largest absolute Gasteiger partial charge is 0.497 e. The third-order valence-electron chi connectivity index (χ3n) is 4.83. The number of aromatic amines is 1. The Balaban J connectivity index is 1.56. The van der Waals surface area contributed by atoms with Crippen molar-refractivity contribution in [3.8, 4) is 23.0 Å². The molecule has 4 rings (SSSR count). The maximum atomic E-state index is 13.1. The van der Waals surface area contributed by atoms with E-state index < -0.39 is 5.25 Å². The second kappa shape index (κ2) is 8.23. The molecule has 7 nitrogen and oxygen atoms in total. The lowest BCUT2D eigenvalue weighted by molar-refractivity contribution is 0.0994. The highest BCUT2D eigenvalue weighted by Crippen LogP contribution is 2.35. The number of carbonyl (C=O) groups excluding carboxylic acids is 1. The molecule has 2 aromatic heterocycles. The Morgan fingerprint density at radius 1 is 1.13 bits per heavy atom. The van der Waals surface area contributed by atoms with E-state index in [-0.39, 0.29) is 5.78 Å². The summed E-state index contributed by atoms with van der Waals surface area (Å²) in [5.74, 6) is 1.56. The summed E-state index contributed by atoms with van der Waals surface area (Å²) >= 11 is 1.23. The minimum atomic E-state index is -0.394. The predicted molar refractivity (Wildman–Crippen MR) is 116 cm³/mol. The number of hydrogen-bond acceptors (Lipinski definition) is 7. The van der Waals surface area contributed by atoms with E-state index in [9.17, 15) is 4.79 Å². The number of aryl methyl sites for hydroxylation is 1. The van der Waals surface area contributed by atoms with E-state index in [0.717, 1.165) is 16.6 Å². The Kier molecular flexibility index (Phi) is 5.50. The van der Waals surface area contributed by atoms with Gasteiger partial charge in [-0.05, 0) is 32.0 Å². The first-order valence-electron chi connectivity index (χ1n) is 9.36. The van der Waals surface area contributed by atoms with Gasteiger partial charge in [0.15, 0.2) is 5.78 Å². The third kappa shape index (κ3) is 3.66. The van der Waals surface area contributed by atoms with Crippen molar-refractivity contribution < 1.29 is 18.7 Å². The second-order valence-electron chi connectivity index (χ2n) is 6.73. The van der Waals surface area contributed by atoms with Crippen molar-refractivity contribution in [2.24, 2.45) is 0 Å². The number of nitrogens with zero attached hydrogens (tertiary/aromatic N) is 2. The summed E-state index contributed by atoms with van der Waals surface area (Å²) in [6.45, 7) is 3.75. The van der Waals surface area contributed by atoms with Crippen molar-refractivity contribution >= 4 is 28.4 Å². The van der Waals surface area contributed by atoms with Gasteiger partial charge in [0.05, 0.1) is 25.0 Å². The zero-order valence-electron chi connectivity index (χ0n) is 17.1. The highest BCUT2D eigenvalue weighted by atomic mass is 32.2. The van der Waals surface area contributed by atoms with E-state index in [1.807, 2.05) is 38.1 Å². The van der Waals surface area contributed by atoms with Crippen molar-refractivity contribution in [3.63, 3.8) is 0 Å². The molecule has 30 heavy (non-hydrogen) atoms. The molecule has 8 heteroatoms. The standard InChI is InChI=1S/C22H21N3O4S/c1-12-19(15-7-5-6-8-17(15)23-12)20(26)13(2)30-22-25-24-21(29-22)16-10-9-14(27-3)11-18(16)28-4/h5-11,13,23H,1-4H3. The molecule has 0 bridgehead atoms. The number of fused-ring (bicyclic) bond motifs is 1. The van der Waals surface area contributed by atoms with Gasteiger partial charge >= 0.3 is 0 Å². The fourth-order valence-corrected chi connectivity index (χ4v) is 4.09. The molecule has 0 radical (unpaired) electrons. The first-order valence-corrected chi connectivity index (χ1v) is 10.2. The van der Waals surface area contributed by atoms with E-state index in [1.54, 1.807) is 32.4 Å². The lowest BCUT2D eigenvalue weighted by Crippen LogP contribution is -2.14. The van der Waals surface area contributed by atoms with E-state index in [0.29, 0.717) is 33.7 Å². The fourth-order valence-electron chi connectivity index (χ4n) is 3.34. The molecule has 0 aliphatic rings. The van der Waals surface area contributed by atoms with Crippen molar-refractivity contribution in [1.29, 1.82) is 0 Å². The van der Waals surface area contributed by atoms with Gasteiger partial charge in [0, 0.05) is 28.2 Å². The predicted octanol–water partition coefficient (Wildman–Crippen LogP) is 4.91. The SMILES string of the molecule is COc1ccc(-c2nnc(SC(C)C(=O)c3c(C)[nH]c4ccccc34)o2)c(OC)c1. The highest BCUT2D eigenvalue weighted by Gasteiger charge is 2.24. The molecule has 0 saturated heterocycles. The van der Waals surface area contributed by atoms with Gasteiger partial charge in [-0.3, -0.25) is 4.79 Å². The number of benzene rings is 2. The maximum absolute atomic E-state index is 13.1. The number of hydrogen-bond donors (Lipinski definition) is 1. The van der Waals surface area contributed by atoms with Gasteiger partial charge in [0.2, 0.25) is 0 Å². The average Bonchev–Trinajstić information content (AvgIpc) is 3.35. The van der Waals surface area contributed by atoms with Crippen LogP contribution in [-0.4, -0.2) is 40.4 Å². The monoisotopic (exact) mass is 423 g/mol. The quantitative estimate of drug-likeness (QED) is 0.334. The molecular weight excluding hydrogens is 402 g/mol. The molecule has 154 valence electrons. The average molecular weight is 423 g/mol. The maximum Gasteiger partial charge on any atom is 0.277 e. The van der Waals surface area contributed by atoms with Crippen LogP contribution in [0.1, 0.15) is 23.0 Å². The molecule has 2 aromatic carbocycles. The summed E-state index contributed by atoms with van der Waals surface area (Å²) in [7, 11) is 3.15. The Hall–Kier alpha value is -3.26. The minimum absolute atomic E-state index is 0.0109. The zero-order valence-corrected chi connectivity index (χ0v) is 17.9. The summed E-state index contributed by atoms with van der Waals surface area (Å²) in [6.07, 6.45) is 0. The fraction of sp³-hybridized carbons (Fsp3) is 0.227. The van der Waals surface area contributed by atoms with Crippen LogP contribution in [0, 0.1) is 6.92 Å². The lowest BCUT2D eigenvalue weighted by Gasteiger charge is -2.08. The van der Waals surface area contributed by atoms with Crippen LogP contribution in [0.3, 0.4) is 0 Å². The number of rotatable bonds is 7. The van der Waals surface area contributed by atoms with Crippen molar-refractivity contribution in [2.45, 2.75) is 24.3 Å². The Labute approximate surface area is 177 Å². The number of aromatic nitrogens is 3. The first-order chi connectivity index (χ1) is 14.5. The molecular formula is C22H21N3O4S. The van der Waals surface area contributed by atoms with Gasteiger partial charge in [-0.2, -0.15) is 0 Å². The Morgan fingerprint density at radius 2 is 1.93 bits per heavy atom. The highest BCUT2D eigenvalue weighted by molar-refractivity contribution is 8.00. The normalized spacial score (nSPS) is 12.1. The number of para-hydroxylation sites is 1. The number of ether oxygens (including phenoxy) is 2. The van der Waals surface area contributed by atoms with Crippen LogP contribution < -0.4 is 9.47 Å². The van der Waals surface area contributed by atoms with Gasteiger partial charge in [0.1, 0.15) is 11.5 Å². The number of thioether (sulfide) groups is 1. The van der Waals surface area contributed by atoms with Crippen LogP contribution in [0.2, 0.25) is 0 Å². The van der Waals surface area contributed by atoms with Crippen molar-refractivity contribution in [2.75, 3.05) is 14.2 Å². The number of H-pyrrole nitrogens is 1. The van der Waals surface area contributed by atoms with E-state index in [2.05, 4.69) is 15.2 Å². The topological polar surface area (TPSA) is 90.2 Å². The van der Waals surface area contributed by atoms with Crippen LogP contribution in [-0.2, 0) is 0 Å². The molecule has 0 saturated carbocycles. The Morgan fingerprint density at radius 3 is 2.70 bits per heavy atom. The van der Waals surface area contributed by atoms with Crippen molar-refractivity contribution in [1.82, 2.24) is 15.2 Å². The summed E-state index contributed by atoms with van der Waals surface area (Å²) < 4.78 is 16.4. The molecule has 1 N–H and O–H groups in total. The number of nitrogens with one attached hydrogen (secondary N) is 1. The minimum Gasteiger partial charge on any atom is -0.497 e. The van der Waals surface area contributed by atoms with Gasteiger partial charge in [-0.1, -0.05) is 30.0 Å². The van der Waals surface area contributed by atoms with Gasteiger partial charge in [-0.25, -0.2) is 0 Å². The van der Waals surface area contributed by atoms with Crippen LogP contribution in [0.4, 0.5) is 0 Å². The van der Waals surface area contributed by atoms with Gasteiger partial charge in [0.25, 0.3) is 11.1 Å². The molecule has 1 atom stereocenters. The van der Waals surface area contributed by atoms with Crippen LogP contribution >= 0.6 is 11.8 Å². The Bertz CT molecular complexity index is 1210. The van der Waals surface area contributed by atoms with Crippen molar-refractivity contribution in [3.05, 3.63) is 53.7 Å². The third-order valence-corrected chi connectivity index (χ3v) is 5.77. The van der Waals surface area contributed by atoms with Crippen LogP contribution in [0.25, 0.3) is 22.4 Å². The molecule has 0 aliphatic carbocycles.